The molecule has 0 bridgehead atoms. The SMILES string of the molecule is Cn1cc(C(=O)C[C@H]2CCCN2C(=O)c2cccc3ccccc23)cn1. The van der Waals surface area contributed by atoms with Crippen LogP contribution in [0.1, 0.15) is 40.0 Å². The molecule has 1 saturated heterocycles. The number of ketones is 1. The second kappa shape index (κ2) is 6.75. The van der Waals surface area contributed by atoms with E-state index in [0.717, 1.165) is 23.6 Å². The number of carbonyl (C=O) groups is 2. The smallest absolute Gasteiger partial charge is 0.254 e. The number of aromatic nitrogens is 2. The van der Waals surface area contributed by atoms with E-state index in [1.165, 1.54) is 0 Å². The van der Waals surface area contributed by atoms with E-state index in [4.69, 9.17) is 0 Å². The van der Waals surface area contributed by atoms with Crippen molar-refractivity contribution >= 4 is 22.5 Å². The maximum absolute atomic E-state index is 13.2. The molecule has 132 valence electrons. The third-order valence-electron chi connectivity index (χ3n) is 5.11. The van der Waals surface area contributed by atoms with Crippen molar-refractivity contribution in [3.05, 3.63) is 66.0 Å². The molecule has 0 spiro atoms. The number of rotatable bonds is 4. The number of hydrogen-bond donors (Lipinski definition) is 0. The molecule has 1 aliphatic rings. The lowest BCUT2D eigenvalue weighted by Crippen LogP contribution is -2.37. The fourth-order valence-electron chi connectivity index (χ4n) is 3.78. The summed E-state index contributed by atoms with van der Waals surface area (Å²) in [4.78, 5) is 27.6. The number of carbonyl (C=O) groups excluding carboxylic acids is 2. The first-order valence-electron chi connectivity index (χ1n) is 8.94. The van der Waals surface area contributed by atoms with Crippen LogP contribution in [-0.4, -0.2) is 39.0 Å². The molecule has 5 nitrogen and oxygen atoms in total. The summed E-state index contributed by atoms with van der Waals surface area (Å²) in [6.45, 7) is 0.701. The van der Waals surface area contributed by atoms with Crippen LogP contribution in [0.25, 0.3) is 10.8 Å². The van der Waals surface area contributed by atoms with Crippen molar-refractivity contribution in [2.24, 2.45) is 7.05 Å². The van der Waals surface area contributed by atoms with Crippen LogP contribution in [0.4, 0.5) is 0 Å². The lowest BCUT2D eigenvalue weighted by Gasteiger charge is -2.25. The van der Waals surface area contributed by atoms with Crippen molar-refractivity contribution in [2.75, 3.05) is 6.54 Å². The van der Waals surface area contributed by atoms with Crippen LogP contribution in [0.15, 0.2) is 54.9 Å². The highest BCUT2D eigenvalue weighted by molar-refractivity contribution is 6.07. The van der Waals surface area contributed by atoms with Crippen LogP contribution < -0.4 is 0 Å². The molecular weight excluding hydrogens is 326 g/mol. The molecule has 2 heterocycles. The Bertz CT molecular complexity index is 971. The Kier molecular flexibility index (Phi) is 4.29. The van der Waals surface area contributed by atoms with Gasteiger partial charge in [-0.05, 0) is 29.7 Å². The summed E-state index contributed by atoms with van der Waals surface area (Å²) in [5, 5.41) is 6.08. The van der Waals surface area contributed by atoms with Crippen LogP contribution in [0.5, 0.6) is 0 Å². The molecule has 1 aliphatic heterocycles. The quantitative estimate of drug-likeness (QED) is 0.679. The Morgan fingerprint density at radius 2 is 1.96 bits per heavy atom. The van der Waals surface area contributed by atoms with E-state index in [2.05, 4.69) is 5.10 Å². The molecule has 1 atom stereocenters. The summed E-state index contributed by atoms with van der Waals surface area (Å²) < 4.78 is 1.63. The molecule has 0 saturated carbocycles. The average Bonchev–Trinajstić information content (AvgIpc) is 3.29. The summed E-state index contributed by atoms with van der Waals surface area (Å²) >= 11 is 0. The minimum atomic E-state index is -0.0471. The zero-order chi connectivity index (χ0) is 18.1. The van der Waals surface area contributed by atoms with Crippen molar-refractivity contribution < 1.29 is 9.59 Å². The highest BCUT2D eigenvalue weighted by Crippen LogP contribution is 2.27. The van der Waals surface area contributed by atoms with Gasteiger partial charge in [-0.3, -0.25) is 14.3 Å². The number of hydrogen-bond acceptors (Lipinski definition) is 3. The Morgan fingerprint density at radius 3 is 2.77 bits per heavy atom. The molecule has 4 rings (SSSR count). The summed E-state index contributed by atoms with van der Waals surface area (Å²) in [6.07, 6.45) is 5.47. The van der Waals surface area contributed by atoms with Crippen LogP contribution in [0, 0.1) is 0 Å². The van der Waals surface area contributed by atoms with Gasteiger partial charge in [-0.15, -0.1) is 0 Å². The maximum atomic E-state index is 13.2. The Labute approximate surface area is 152 Å². The van der Waals surface area contributed by atoms with Crippen molar-refractivity contribution in [1.29, 1.82) is 0 Å². The molecule has 2 aromatic carbocycles. The standard InChI is InChI=1S/C21H21N3O2/c1-23-14-16(13-22-23)20(25)12-17-8-5-11-24(17)21(26)19-10-4-7-15-6-2-3-9-18(15)19/h2-4,6-7,9-10,13-14,17H,5,8,11-12H2,1H3/t17-/m1/s1. The number of fused-ring (bicyclic) bond motifs is 1. The second-order valence-corrected chi connectivity index (χ2v) is 6.85. The van der Waals surface area contributed by atoms with Crippen molar-refractivity contribution in [2.45, 2.75) is 25.3 Å². The molecule has 1 aromatic heterocycles. The zero-order valence-electron chi connectivity index (χ0n) is 14.8. The van der Waals surface area contributed by atoms with Gasteiger partial charge in [0.2, 0.25) is 0 Å². The van der Waals surface area contributed by atoms with Crippen LogP contribution in [0.3, 0.4) is 0 Å². The van der Waals surface area contributed by atoms with E-state index < -0.39 is 0 Å². The van der Waals surface area contributed by atoms with E-state index in [1.807, 2.05) is 47.4 Å². The van der Waals surface area contributed by atoms with Crippen molar-refractivity contribution in [3.63, 3.8) is 0 Å². The van der Waals surface area contributed by atoms with Gasteiger partial charge >= 0.3 is 0 Å². The molecule has 0 radical (unpaired) electrons. The summed E-state index contributed by atoms with van der Waals surface area (Å²) in [7, 11) is 1.79. The van der Waals surface area contributed by atoms with Gasteiger partial charge in [0.15, 0.2) is 5.78 Å². The van der Waals surface area contributed by atoms with E-state index in [-0.39, 0.29) is 17.7 Å². The number of benzene rings is 2. The summed E-state index contributed by atoms with van der Waals surface area (Å²) in [6, 6.07) is 13.7. The molecule has 26 heavy (non-hydrogen) atoms. The first-order chi connectivity index (χ1) is 12.6. The van der Waals surface area contributed by atoms with E-state index in [1.54, 1.807) is 24.1 Å². The highest BCUT2D eigenvalue weighted by Gasteiger charge is 2.32. The second-order valence-electron chi connectivity index (χ2n) is 6.85. The van der Waals surface area contributed by atoms with Gasteiger partial charge < -0.3 is 4.90 Å². The lowest BCUT2D eigenvalue weighted by atomic mass is 10.0. The van der Waals surface area contributed by atoms with Gasteiger partial charge in [-0.2, -0.15) is 5.10 Å². The zero-order valence-corrected chi connectivity index (χ0v) is 14.8. The maximum Gasteiger partial charge on any atom is 0.254 e. The number of amides is 1. The number of likely N-dealkylation sites (tertiary alicyclic amines) is 1. The fraction of sp³-hybridized carbons (Fsp3) is 0.286. The number of Topliss-reactive ketones (excluding diaryl/α,β-unsaturated/α-hetero) is 1. The normalized spacial score (nSPS) is 17.0. The van der Waals surface area contributed by atoms with E-state index >= 15 is 0 Å². The monoisotopic (exact) mass is 347 g/mol. The van der Waals surface area contributed by atoms with Crippen LogP contribution >= 0.6 is 0 Å². The molecule has 0 aliphatic carbocycles. The molecule has 1 fully saturated rings. The summed E-state index contributed by atoms with van der Waals surface area (Å²) in [5.74, 6) is 0.0593. The predicted octanol–water partition coefficient (Wildman–Crippen LogP) is 3.45. The molecular formula is C21H21N3O2. The molecule has 5 heteroatoms. The van der Waals surface area contributed by atoms with Gasteiger partial charge in [0, 0.05) is 37.8 Å². The van der Waals surface area contributed by atoms with Crippen LogP contribution in [0.2, 0.25) is 0 Å². The average molecular weight is 347 g/mol. The summed E-state index contributed by atoms with van der Waals surface area (Å²) in [5.41, 5.74) is 1.32. The fourth-order valence-corrected chi connectivity index (χ4v) is 3.78. The minimum absolute atomic E-state index is 0.0169. The number of nitrogens with zero attached hydrogens (tertiary/aromatic N) is 3. The first kappa shape index (κ1) is 16.5. The molecule has 0 unspecified atom stereocenters. The first-order valence-corrected chi connectivity index (χ1v) is 8.94. The highest BCUT2D eigenvalue weighted by atomic mass is 16.2. The molecule has 0 N–H and O–H groups in total. The molecule has 3 aromatic rings. The Hall–Kier alpha value is -2.95. The minimum Gasteiger partial charge on any atom is -0.335 e. The van der Waals surface area contributed by atoms with Gasteiger partial charge in [-0.1, -0.05) is 36.4 Å². The topological polar surface area (TPSA) is 55.2 Å². The van der Waals surface area contributed by atoms with Crippen molar-refractivity contribution in [1.82, 2.24) is 14.7 Å². The van der Waals surface area contributed by atoms with E-state index in [9.17, 15) is 9.59 Å². The van der Waals surface area contributed by atoms with Gasteiger partial charge in [0.05, 0.1) is 11.8 Å². The predicted molar refractivity (Wildman–Crippen MR) is 100 cm³/mol. The largest absolute Gasteiger partial charge is 0.335 e. The number of aryl methyl sites for hydroxylation is 1. The van der Waals surface area contributed by atoms with Gasteiger partial charge in [-0.25, -0.2) is 0 Å². The Morgan fingerprint density at radius 1 is 1.15 bits per heavy atom. The van der Waals surface area contributed by atoms with E-state index in [0.29, 0.717) is 24.1 Å². The third-order valence-corrected chi connectivity index (χ3v) is 5.11. The van der Waals surface area contributed by atoms with Gasteiger partial charge in [0.25, 0.3) is 5.91 Å². The van der Waals surface area contributed by atoms with Gasteiger partial charge in [0.1, 0.15) is 0 Å². The van der Waals surface area contributed by atoms with Crippen molar-refractivity contribution in [3.8, 4) is 0 Å². The molecule has 1 amide bonds. The Balaban J connectivity index is 1.57. The third kappa shape index (κ3) is 3.01. The van der Waals surface area contributed by atoms with Crippen LogP contribution in [-0.2, 0) is 7.05 Å². The lowest BCUT2D eigenvalue weighted by molar-refractivity contribution is 0.0719.